The highest BCUT2D eigenvalue weighted by Gasteiger charge is 2.33. The summed E-state index contributed by atoms with van der Waals surface area (Å²) in [6, 6.07) is 13.3. The highest BCUT2D eigenvalue weighted by atomic mass is 35.5. The summed E-state index contributed by atoms with van der Waals surface area (Å²) < 4.78 is 33.0. The van der Waals surface area contributed by atoms with Gasteiger partial charge in [-0.3, -0.25) is 4.79 Å². The van der Waals surface area contributed by atoms with Crippen LogP contribution in [0.1, 0.15) is 9.67 Å². The Morgan fingerprint density at radius 1 is 0.970 bits per heavy atom. The van der Waals surface area contributed by atoms with E-state index in [2.05, 4.69) is 4.98 Å². The van der Waals surface area contributed by atoms with Crippen molar-refractivity contribution in [2.45, 2.75) is 9.92 Å². The topological polar surface area (TPSA) is 83.7 Å². The summed E-state index contributed by atoms with van der Waals surface area (Å²) in [7, 11) is -3.95. The van der Waals surface area contributed by atoms with Crippen LogP contribution in [-0.4, -0.2) is 50.4 Å². The summed E-state index contributed by atoms with van der Waals surface area (Å²) in [5.41, 5.74) is 0. The van der Waals surface area contributed by atoms with Gasteiger partial charge in [-0.2, -0.15) is 4.98 Å². The summed E-state index contributed by atoms with van der Waals surface area (Å²) >= 11 is 8.77. The number of anilines is 1. The number of amides is 1. The standard InChI is InChI=1S/C22H18ClN3O4S3/c23-15-5-7-16(8-6-15)33(28,29)20-22(30-19(24-20)17-3-1-13-31-17)26-11-9-25(10-12-26)21(27)18-4-2-14-32-18/h1-8,13-14H,9-12H2. The summed E-state index contributed by atoms with van der Waals surface area (Å²) in [6.07, 6.45) is 0. The molecule has 170 valence electrons. The van der Waals surface area contributed by atoms with Crippen LogP contribution in [0.5, 0.6) is 0 Å². The third kappa shape index (κ3) is 4.31. The van der Waals surface area contributed by atoms with Crippen LogP contribution in [-0.2, 0) is 9.84 Å². The molecule has 1 aromatic carbocycles. The molecule has 1 aliphatic rings. The van der Waals surface area contributed by atoms with Crippen molar-refractivity contribution < 1.29 is 17.6 Å². The number of oxazole rings is 1. The van der Waals surface area contributed by atoms with Crippen molar-refractivity contribution in [3.63, 3.8) is 0 Å². The molecule has 0 radical (unpaired) electrons. The molecule has 1 aliphatic heterocycles. The van der Waals surface area contributed by atoms with Gasteiger partial charge in [0.05, 0.1) is 14.6 Å². The smallest absolute Gasteiger partial charge is 0.264 e. The van der Waals surface area contributed by atoms with Crippen molar-refractivity contribution in [2.75, 3.05) is 31.1 Å². The maximum Gasteiger partial charge on any atom is 0.264 e. The summed E-state index contributed by atoms with van der Waals surface area (Å²) in [5.74, 6) is 0.428. The average molecular weight is 520 g/mol. The molecule has 3 aromatic heterocycles. The molecule has 4 aromatic rings. The minimum absolute atomic E-state index is 0.0181. The quantitative estimate of drug-likeness (QED) is 0.372. The number of carbonyl (C=O) groups is 1. The molecule has 33 heavy (non-hydrogen) atoms. The van der Waals surface area contributed by atoms with Crippen LogP contribution in [0.3, 0.4) is 0 Å². The van der Waals surface area contributed by atoms with Gasteiger partial charge in [0.2, 0.25) is 26.6 Å². The van der Waals surface area contributed by atoms with E-state index in [0.717, 1.165) is 4.88 Å². The van der Waals surface area contributed by atoms with E-state index in [1.807, 2.05) is 33.9 Å². The fraction of sp³-hybridized carbons (Fsp3) is 0.182. The molecule has 0 N–H and O–H groups in total. The van der Waals surface area contributed by atoms with E-state index >= 15 is 0 Å². The Balaban J connectivity index is 1.47. The zero-order chi connectivity index (χ0) is 23.0. The Morgan fingerprint density at radius 3 is 2.30 bits per heavy atom. The molecule has 5 rings (SSSR count). The van der Waals surface area contributed by atoms with Gasteiger partial charge in [0.1, 0.15) is 0 Å². The number of aromatic nitrogens is 1. The van der Waals surface area contributed by atoms with Crippen LogP contribution in [0.2, 0.25) is 5.02 Å². The van der Waals surface area contributed by atoms with Gasteiger partial charge in [0.15, 0.2) is 0 Å². The average Bonchev–Trinajstić information content (AvgIpc) is 3.60. The highest BCUT2D eigenvalue weighted by Crippen LogP contribution is 2.36. The van der Waals surface area contributed by atoms with Gasteiger partial charge in [-0.05, 0) is 47.2 Å². The Bertz CT molecular complexity index is 1360. The normalized spacial score (nSPS) is 14.6. The van der Waals surface area contributed by atoms with Crippen LogP contribution in [0.25, 0.3) is 10.8 Å². The Kier molecular flexibility index (Phi) is 6.00. The number of hydrogen-bond donors (Lipinski definition) is 0. The lowest BCUT2D eigenvalue weighted by molar-refractivity contribution is 0.0750. The van der Waals surface area contributed by atoms with Crippen LogP contribution >= 0.6 is 34.3 Å². The van der Waals surface area contributed by atoms with E-state index in [4.69, 9.17) is 16.0 Å². The molecule has 11 heteroatoms. The second-order valence-electron chi connectivity index (χ2n) is 7.32. The number of thiophene rings is 2. The van der Waals surface area contributed by atoms with Gasteiger partial charge in [0.25, 0.3) is 5.91 Å². The van der Waals surface area contributed by atoms with Crippen LogP contribution in [0.15, 0.2) is 73.6 Å². The Labute approximate surface area is 203 Å². The Hall–Kier alpha value is -2.66. The van der Waals surface area contributed by atoms with Gasteiger partial charge < -0.3 is 14.2 Å². The molecule has 0 unspecified atom stereocenters. The second-order valence-corrected chi connectivity index (χ2v) is 11.5. The van der Waals surface area contributed by atoms with E-state index in [-0.39, 0.29) is 27.6 Å². The molecule has 1 fully saturated rings. The van der Waals surface area contributed by atoms with E-state index in [9.17, 15) is 13.2 Å². The number of hydrogen-bond acceptors (Lipinski definition) is 8. The first kappa shape index (κ1) is 22.1. The van der Waals surface area contributed by atoms with E-state index in [1.54, 1.807) is 11.0 Å². The zero-order valence-corrected chi connectivity index (χ0v) is 20.4. The van der Waals surface area contributed by atoms with Gasteiger partial charge in [-0.15, -0.1) is 22.7 Å². The summed E-state index contributed by atoms with van der Waals surface area (Å²) in [6.45, 7) is 1.76. The second kappa shape index (κ2) is 8.94. The largest absolute Gasteiger partial charge is 0.418 e. The molecule has 0 saturated carbocycles. The van der Waals surface area contributed by atoms with Gasteiger partial charge in [0, 0.05) is 31.2 Å². The van der Waals surface area contributed by atoms with Crippen molar-refractivity contribution in [3.8, 4) is 10.8 Å². The van der Waals surface area contributed by atoms with Crippen LogP contribution in [0.4, 0.5) is 5.88 Å². The monoisotopic (exact) mass is 519 g/mol. The lowest BCUT2D eigenvalue weighted by Gasteiger charge is -2.34. The number of rotatable bonds is 5. The van der Waals surface area contributed by atoms with Crippen LogP contribution in [0, 0.1) is 0 Å². The third-order valence-electron chi connectivity index (χ3n) is 5.28. The first-order valence-electron chi connectivity index (χ1n) is 10.1. The highest BCUT2D eigenvalue weighted by molar-refractivity contribution is 7.91. The number of halogens is 1. The maximum absolute atomic E-state index is 13.5. The molecule has 1 saturated heterocycles. The van der Waals surface area contributed by atoms with Crippen molar-refractivity contribution in [1.82, 2.24) is 9.88 Å². The van der Waals surface area contributed by atoms with E-state index in [0.29, 0.717) is 36.1 Å². The minimum atomic E-state index is -3.95. The molecule has 0 bridgehead atoms. The molecule has 4 heterocycles. The van der Waals surface area contributed by atoms with Crippen molar-refractivity contribution in [2.24, 2.45) is 0 Å². The van der Waals surface area contributed by atoms with Crippen molar-refractivity contribution in [3.05, 3.63) is 69.2 Å². The minimum Gasteiger partial charge on any atom is -0.418 e. The number of benzene rings is 1. The molecule has 0 spiro atoms. The molecule has 1 amide bonds. The number of piperazine rings is 1. The predicted octanol–water partition coefficient (Wildman–Crippen LogP) is 4.91. The SMILES string of the molecule is O=C(c1cccs1)N1CCN(c2oc(-c3cccs3)nc2S(=O)(=O)c2ccc(Cl)cc2)CC1. The molecule has 7 nitrogen and oxygen atoms in total. The van der Waals surface area contributed by atoms with Gasteiger partial charge in [-0.25, -0.2) is 8.42 Å². The van der Waals surface area contributed by atoms with Crippen molar-refractivity contribution >= 4 is 55.9 Å². The fourth-order valence-corrected chi connectivity index (χ4v) is 6.36. The summed E-state index contributed by atoms with van der Waals surface area (Å²) in [5, 5.41) is 4.06. The van der Waals surface area contributed by atoms with Gasteiger partial charge in [-0.1, -0.05) is 23.7 Å². The predicted molar refractivity (Wildman–Crippen MR) is 129 cm³/mol. The summed E-state index contributed by atoms with van der Waals surface area (Å²) in [4.78, 5) is 22.2. The van der Waals surface area contributed by atoms with E-state index < -0.39 is 9.84 Å². The third-order valence-corrected chi connectivity index (χ3v) is 8.91. The Morgan fingerprint density at radius 2 is 1.67 bits per heavy atom. The molecular weight excluding hydrogens is 502 g/mol. The lowest BCUT2D eigenvalue weighted by Crippen LogP contribution is -2.48. The first-order chi connectivity index (χ1) is 15.9. The number of sulfone groups is 1. The number of nitrogens with zero attached hydrogens (tertiary/aromatic N) is 3. The maximum atomic E-state index is 13.5. The number of carbonyl (C=O) groups excluding carboxylic acids is 1. The lowest BCUT2D eigenvalue weighted by atomic mass is 10.3. The zero-order valence-electron chi connectivity index (χ0n) is 17.2. The fourth-order valence-electron chi connectivity index (χ4n) is 3.57. The molecule has 0 atom stereocenters. The first-order valence-corrected chi connectivity index (χ1v) is 13.7. The molecular formula is C22H18ClN3O4S3. The van der Waals surface area contributed by atoms with Crippen LogP contribution < -0.4 is 4.90 Å². The van der Waals surface area contributed by atoms with Crippen molar-refractivity contribution in [1.29, 1.82) is 0 Å². The molecule has 0 aliphatic carbocycles. The van der Waals surface area contributed by atoms with Gasteiger partial charge >= 0.3 is 0 Å². The van der Waals surface area contributed by atoms with E-state index in [1.165, 1.54) is 46.9 Å².